The molecule has 130 valence electrons. The number of hydrogen-bond acceptors (Lipinski definition) is 4. The van der Waals surface area contributed by atoms with Gasteiger partial charge in [-0.1, -0.05) is 57.1 Å². The van der Waals surface area contributed by atoms with Gasteiger partial charge in [0.2, 0.25) is 0 Å². The second-order valence-corrected chi connectivity index (χ2v) is 5.81. The Kier molecular flexibility index (Phi) is 10.1. The van der Waals surface area contributed by atoms with Gasteiger partial charge in [0.05, 0.1) is 6.61 Å². The van der Waals surface area contributed by atoms with Crippen molar-refractivity contribution >= 4 is 5.97 Å². The van der Waals surface area contributed by atoms with E-state index in [0.717, 1.165) is 18.4 Å². The zero-order valence-electron chi connectivity index (χ0n) is 14.7. The van der Waals surface area contributed by atoms with E-state index in [2.05, 4.69) is 6.92 Å². The molecule has 0 unspecified atom stereocenters. The van der Waals surface area contributed by atoms with E-state index in [1.807, 2.05) is 13.0 Å². The third-order valence-electron chi connectivity index (χ3n) is 3.67. The largest absolute Gasteiger partial charge is 0.467 e. The van der Waals surface area contributed by atoms with E-state index < -0.39 is 0 Å². The number of aryl methyl sites for hydroxylation is 1. The van der Waals surface area contributed by atoms with Gasteiger partial charge in [-0.3, -0.25) is 0 Å². The van der Waals surface area contributed by atoms with Crippen LogP contribution in [0.3, 0.4) is 0 Å². The van der Waals surface area contributed by atoms with Crippen LogP contribution in [0.15, 0.2) is 18.2 Å². The minimum absolute atomic E-state index is 0.112. The second kappa shape index (κ2) is 11.9. The maximum atomic E-state index is 12.2. The normalized spacial score (nSPS) is 10.6. The summed E-state index contributed by atoms with van der Waals surface area (Å²) >= 11 is 0. The predicted molar refractivity (Wildman–Crippen MR) is 92.0 cm³/mol. The summed E-state index contributed by atoms with van der Waals surface area (Å²) in [5.74, 6) is 0.174. The SMILES string of the molecule is CCCCCCCCCOC(=O)c1cc(C)ccc1OCOC. The molecule has 0 aliphatic rings. The van der Waals surface area contributed by atoms with Gasteiger partial charge in [0.1, 0.15) is 11.3 Å². The molecule has 0 aromatic heterocycles. The molecular formula is C19H30O4. The van der Waals surface area contributed by atoms with Crippen LogP contribution in [0.25, 0.3) is 0 Å². The molecule has 0 saturated heterocycles. The first-order valence-electron chi connectivity index (χ1n) is 8.58. The van der Waals surface area contributed by atoms with Crippen LogP contribution in [0.2, 0.25) is 0 Å². The topological polar surface area (TPSA) is 44.8 Å². The average molecular weight is 322 g/mol. The first kappa shape index (κ1) is 19.5. The number of rotatable bonds is 12. The summed E-state index contributed by atoms with van der Waals surface area (Å²) in [6.07, 6.45) is 8.39. The van der Waals surface area contributed by atoms with Gasteiger partial charge in [0.15, 0.2) is 6.79 Å². The quantitative estimate of drug-likeness (QED) is 0.312. The minimum Gasteiger partial charge on any atom is -0.467 e. The van der Waals surface area contributed by atoms with Gasteiger partial charge in [-0.2, -0.15) is 0 Å². The number of ether oxygens (including phenoxy) is 3. The molecule has 0 N–H and O–H groups in total. The van der Waals surface area contributed by atoms with Crippen LogP contribution < -0.4 is 4.74 Å². The monoisotopic (exact) mass is 322 g/mol. The van der Waals surface area contributed by atoms with Crippen molar-refractivity contribution in [1.82, 2.24) is 0 Å². The Morgan fingerprint density at radius 1 is 1.04 bits per heavy atom. The summed E-state index contributed by atoms with van der Waals surface area (Å²) in [6, 6.07) is 5.47. The summed E-state index contributed by atoms with van der Waals surface area (Å²) in [5.41, 5.74) is 1.46. The summed E-state index contributed by atoms with van der Waals surface area (Å²) in [4.78, 5) is 12.2. The van der Waals surface area contributed by atoms with E-state index in [0.29, 0.717) is 17.9 Å². The van der Waals surface area contributed by atoms with Crippen molar-refractivity contribution in [3.8, 4) is 5.75 Å². The number of hydrogen-bond donors (Lipinski definition) is 0. The average Bonchev–Trinajstić information content (AvgIpc) is 2.56. The Morgan fingerprint density at radius 2 is 1.74 bits per heavy atom. The van der Waals surface area contributed by atoms with Crippen molar-refractivity contribution in [2.24, 2.45) is 0 Å². The number of unbranched alkanes of at least 4 members (excludes halogenated alkanes) is 6. The van der Waals surface area contributed by atoms with Gasteiger partial charge in [-0.15, -0.1) is 0 Å². The van der Waals surface area contributed by atoms with Crippen molar-refractivity contribution in [2.45, 2.75) is 58.8 Å². The zero-order valence-corrected chi connectivity index (χ0v) is 14.7. The van der Waals surface area contributed by atoms with Crippen LogP contribution in [-0.2, 0) is 9.47 Å². The molecule has 0 radical (unpaired) electrons. The minimum atomic E-state index is -0.328. The van der Waals surface area contributed by atoms with Gasteiger partial charge in [-0.05, 0) is 25.5 Å². The summed E-state index contributed by atoms with van der Waals surface area (Å²) in [5, 5.41) is 0. The molecule has 1 rings (SSSR count). The Morgan fingerprint density at radius 3 is 2.43 bits per heavy atom. The number of benzene rings is 1. The Bertz CT molecular complexity index is 457. The van der Waals surface area contributed by atoms with Crippen LogP contribution in [0.5, 0.6) is 5.75 Å². The van der Waals surface area contributed by atoms with Crippen LogP contribution in [-0.4, -0.2) is 26.5 Å². The van der Waals surface area contributed by atoms with Gasteiger partial charge < -0.3 is 14.2 Å². The van der Waals surface area contributed by atoms with Gasteiger partial charge in [0.25, 0.3) is 0 Å². The molecule has 0 spiro atoms. The first-order valence-corrected chi connectivity index (χ1v) is 8.58. The Labute approximate surface area is 140 Å². The fraction of sp³-hybridized carbons (Fsp3) is 0.632. The molecule has 0 saturated carbocycles. The van der Waals surface area contributed by atoms with Crippen molar-refractivity contribution in [3.63, 3.8) is 0 Å². The Balaban J connectivity index is 2.35. The smallest absolute Gasteiger partial charge is 0.341 e. The number of esters is 1. The molecule has 1 aromatic rings. The molecule has 0 aliphatic heterocycles. The Hall–Kier alpha value is -1.55. The molecular weight excluding hydrogens is 292 g/mol. The van der Waals surface area contributed by atoms with Crippen LogP contribution in [0.4, 0.5) is 0 Å². The molecule has 0 fully saturated rings. The molecule has 23 heavy (non-hydrogen) atoms. The lowest BCUT2D eigenvalue weighted by atomic mass is 10.1. The van der Waals surface area contributed by atoms with E-state index in [9.17, 15) is 4.79 Å². The predicted octanol–water partition coefficient (Wildman–Crippen LogP) is 4.89. The van der Waals surface area contributed by atoms with E-state index in [-0.39, 0.29) is 12.8 Å². The summed E-state index contributed by atoms with van der Waals surface area (Å²) in [7, 11) is 1.55. The maximum absolute atomic E-state index is 12.2. The number of carbonyl (C=O) groups excluding carboxylic acids is 1. The van der Waals surface area contributed by atoms with E-state index in [4.69, 9.17) is 14.2 Å². The zero-order chi connectivity index (χ0) is 16.9. The lowest BCUT2D eigenvalue weighted by Crippen LogP contribution is -2.10. The molecule has 0 atom stereocenters. The fourth-order valence-corrected chi connectivity index (χ4v) is 2.35. The molecule has 4 heteroatoms. The van der Waals surface area contributed by atoms with Crippen molar-refractivity contribution < 1.29 is 19.0 Å². The highest BCUT2D eigenvalue weighted by atomic mass is 16.7. The summed E-state index contributed by atoms with van der Waals surface area (Å²) < 4.78 is 15.7. The van der Waals surface area contributed by atoms with E-state index in [1.165, 1.54) is 32.1 Å². The van der Waals surface area contributed by atoms with Crippen molar-refractivity contribution in [2.75, 3.05) is 20.5 Å². The second-order valence-electron chi connectivity index (χ2n) is 5.81. The van der Waals surface area contributed by atoms with Crippen LogP contribution in [0, 0.1) is 6.92 Å². The van der Waals surface area contributed by atoms with E-state index >= 15 is 0 Å². The lowest BCUT2D eigenvalue weighted by molar-refractivity contribution is 0.0423. The summed E-state index contributed by atoms with van der Waals surface area (Å²) in [6.45, 7) is 4.73. The third-order valence-corrected chi connectivity index (χ3v) is 3.67. The third kappa shape index (κ3) is 8.03. The first-order chi connectivity index (χ1) is 11.2. The molecule has 0 aliphatic carbocycles. The highest BCUT2D eigenvalue weighted by molar-refractivity contribution is 5.92. The highest BCUT2D eigenvalue weighted by Crippen LogP contribution is 2.21. The molecule has 0 bridgehead atoms. The molecule has 4 nitrogen and oxygen atoms in total. The highest BCUT2D eigenvalue weighted by Gasteiger charge is 2.14. The van der Waals surface area contributed by atoms with Gasteiger partial charge >= 0.3 is 5.97 Å². The van der Waals surface area contributed by atoms with Crippen LogP contribution >= 0.6 is 0 Å². The van der Waals surface area contributed by atoms with Crippen molar-refractivity contribution in [3.05, 3.63) is 29.3 Å². The van der Waals surface area contributed by atoms with Gasteiger partial charge in [-0.25, -0.2) is 4.79 Å². The fourth-order valence-electron chi connectivity index (χ4n) is 2.35. The molecule has 0 heterocycles. The number of methoxy groups -OCH3 is 1. The molecule has 0 amide bonds. The molecule has 1 aromatic carbocycles. The lowest BCUT2D eigenvalue weighted by Gasteiger charge is -2.11. The van der Waals surface area contributed by atoms with Crippen molar-refractivity contribution in [1.29, 1.82) is 0 Å². The number of carbonyl (C=O) groups is 1. The maximum Gasteiger partial charge on any atom is 0.341 e. The van der Waals surface area contributed by atoms with E-state index in [1.54, 1.807) is 19.2 Å². The van der Waals surface area contributed by atoms with Crippen LogP contribution in [0.1, 0.15) is 67.8 Å². The van der Waals surface area contributed by atoms with Gasteiger partial charge in [0, 0.05) is 7.11 Å². The standard InChI is InChI=1S/C19H30O4/c1-4-5-6-7-8-9-10-13-22-19(20)17-14-16(2)11-12-18(17)23-15-21-3/h11-12,14H,4-10,13,15H2,1-3H3.